The van der Waals surface area contributed by atoms with Crippen LogP contribution >= 0.6 is 11.3 Å². The predicted molar refractivity (Wildman–Crippen MR) is 60.8 cm³/mol. The van der Waals surface area contributed by atoms with Gasteiger partial charge in [-0.2, -0.15) is 0 Å². The zero-order chi connectivity index (χ0) is 12.0. The molecular weight excluding hydrogens is 228 g/mol. The molecule has 0 fully saturated rings. The van der Waals surface area contributed by atoms with Crippen LogP contribution in [0, 0.1) is 0 Å². The molecule has 0 spiro atoms. The third-order valence-electron chi connectivity index (χ3n) is 1.84. The van der Waals surface area contributed by atoms with Crippen LogP contribution < -0.4 is 16.8 Å². The van der Waals surface area contributed by atoms with E-state index >= 15 is 0 Å². The lowest BCUT2D eigenvalue weighted by molar-refractivity contribution is -0.118. The van der Waals surface area contributed by atoms with Crippen LogP contribution in [-0.4, -0.2) is 23.3 Å². The standard InChI is InChI=1S/C9H14N4O2S/c10-4-8-13-6(5-16-8)9(15)12-3-1-2-7(11)14/h5H,1-4,10H2,(H2,11,14)(H,12,15). The summed E-state index contributed by atoms with van der Waals surface area (Å²) in [5.41, 5.74) is 10.7. The molecule has 7 heteroatoms. The average molecular weight is 242 g/mol. The highest BCUT2D eigenvalue weighted by Crippen LogP contribution is 2.08. The van der Waals surface area contributed by atoms with E-state index in [-0.39, 0.29) is 18.2 Å². The van der Waals surface area contributed by atoms with E-state index < -0.39 is 0 Å². The quantitative estimate of drug-likeness (QED) is 0.589. The molecule has 0 saturated carbocycles. The predicted octanol–water partition coefficient (Wildman–Crippen LogP) is -0.403. The number of amides is 2. The van der Waals surface area contributed by atoms with Gasteiger partial charge in [-0.05, 0) is 6.42 Å². The summed E-state index contributed by atoms with van der Waals surface area (Å²) in [6.45, 7) is 0.747. The molecule has 0 radical (unpaired) electrons. The Morgan fingerprint density at radius 3 is 2.81 bits per heavy atom. The van der Waals surface area contributed by atoms with Crippen LogP contribution in [0.15, 0.2) is 5.38 Å². The van der Waals surface area contributed by atoms with Gasteiger partial charge in [0.2, 0.25) is 5.91 Å². The first-order valence-electron chi connectivity index (χ1n) is 4.84. The minimum absolute atomic E-state index is 0.250. The number of nitrogens with one attached hydrogen (secondary N) is 1. The van der Waals surface area contributed by atoms with Crippen LogP contribution in [0.3, 0.4) is 0 Å². The smallest absolute Gasteiger partial charge is 0.270 e. The second-order valence-electron chi connectivity index (χ2n) is 3.16. The molecule has 0 aromatic carbocycles. The topological polar surface area (TPSA) is 111 Å². The molecular formula is C9H14N4O2S. The normalized spacial score (nSPS) is 10.1. The second-order valence-corrected chi connectivity index (χ2v) is 4.10. The number of carbonyl (C=O) groups excluding carboxylic acids is 2. The highest BCUT2D eigenvalue weighted by Gasteiger charge is 2.09. The van der Waals surface area contributed by atoms with Crippen LogP contribution in [0.1, 0.15) is 28.3 Å². The third kappa shape index (κ3) is 3.95. The van der Waals surface area contributed by atoms with Gasteiger partial charge < -0.3 is 16.8 Å². The summed E-state index contributed by atoms with van der Waals surface area (Å²) in [4.78, 5) is 26.0. The fraction of sp³-hybridized carbons (Fsp3) is 0.444. The summed E-state index contributed by atoms with van der Waals surface area (Å²) in [6.07, 6.45) is 0.806. The Bertz CT molecular complexity index is 377. The van der Waals surface area contributed by atoms with E-state index in [1.54, 1.807) is 5.38 Å². The van der Waals surface area contributed by atoms with Crippen molar-refractivity contribution in [3.05, 3.63) is 16.1 Å². The molecule has 1 rings (SSSR count). The highest BCUT2D eigenvalue weighted by atomic mass is 32.1. The van der Waals surface area contributed by atoms with E-state index in [2.05, 4.69) is 10.3 Å². The van der Waals surface area contributed by atoms with E-state index in [1.165, 1.54) is 11.3 Å². The first kappa shape index (κ1) is 12.6. The van der Waals surface area contributed by atoms with Crippen molar-refractivity contribution in [3.63, 3.8) is 0 Å². The summed E-state index contributed by atoms with van der Waals surface area (Å²) in [6, 6.07) is 0. The molecule has 0 unspecified atom stereocenters. The van der Waals surface area contributed by atoms with Gasteiger partial charge >= 0.3 is 0 Å². The van der Waals surface area contributed by atoms with Crippen LogP contribution in [0.4, 0.5) is 0 Å². The number of primary amides is 1. The van der Waals surface area contributed by atoms with Gasteiger partial charge in [0, 0.05) is 24.9 Å². The van der Waals surface area contributed by atoms with Gasteiger partial charge in [-0.25, -0.2) is 4.98 Å². The maximum Gasteiger partial charge on any atom is 0.270 e. The van der Waals surface area contributed by atoms with E-state index in [0.29, 0.717) is 25.2 Å². The number of hydrogen-bond acceptors (Lipinski definition) is 5. The molecule has 1 aromatic rings. The number of thiazole rings is 1. The largest absolute Gasteiger partial charge is 0.370 e. The minimum atomic E-state index is -0.367. The molecule has 6 nitrogen and oxygen atoms in total. The Morgan fingerprint density at radius 2 is 2.25 bits per heavy atom. The summed E-state index contributed by atoms with van der Waals surface area (Å²) in [5.74, 6) is -0.617. The third-order valence-corrected chi connectivity index (χ3v) is 2.72. The maximum absolute atomic E-state index is 11.5. The van der Waals surface area contributed by atoms with Crippen LogP contribution in [0.25, 0.3) is 0 Å². The first-order valence-corrected chi connectivity index (χ1v) is 5.72. The van der Waals surface area contributed by atoms with Crippen LogP contribution in [0.2, 0.25) is 0 Å². The fourth-order valence-electron chi connectivity index (χ4n) is 1.06. The van der Waals surface area contributed by atoms with Crippen molar-refractivity contribution in [2.75, 3.05) is 6.54 Å². The molecule has 0 bridgehead atoms. The van der Waals surface area contributed by atoms with Crippen molar-refractivity contribution < 1.29 is 9.59 Å². The molecule has 0 saturated heterocycles. The van der Waals surface area contributed by atoms with Crippen molar-refractivity contribution in [3.8, 4) is 0 Å². The first-order chi connectivity index (χ1) is 7.63. The fourth-order valence-corrected chi connectivity index (χ4v) is 1.72. The zero-order valence-corrected chi connectivity index (χ0v) is 9.55. The van der Waals surface area contributed by atoms with Crippen LogP contribution in [0.5, 0.6) is 0 Å². The van der Waals surface area contributed by atoms with Crippen molar-refractivity contribution in [2.24, 2.45) is 11.5 Å². The summed E-state index contributed by atoms with van der Waals surface area (Å²) in [5, 5.41) is 5.03. The molecule has 1 aromatic heterocycles. The van der Waals surface area contributed by atoms with E-state index in [9.17, 15) is 9.59 Å². The van der Waals surface area contributed by atoms with Crippen molar-refractivity contribution in [1.29, 1.82) is 0 Å². The van der Waals surface area contributed by atoms with Gasteiger partial charge in [0.15, 0.2) is 0 Å². The molecule has 0 aliphatic carbocycles. The zero-order valence-electron chi connectivity index (χ0n) is 8.73. The van der Waals surface area contributed by atoms with Crippen molar-refractivity contribution >= 4 is 23.2 Å². The molecule has 5 N–H and O–H groups in total. The van der Waals surface area contributed by atoms with Gasteiger partial charge in [-0.1, -0.05) is 0 Å². The summed E-state index contributed by atoms with van der Waals surface area (Å²) in [7, 11) is 0. The van der Waals surface area contributed by atoms with Gasteiger partial charge in [0.05, 0.1) is 0 Å². The Balaban J connectivity index is 2.32. The van der Waals surface area contributed by atoms with Crippen molar-refractivity contribution in [2.45, 2.75) is 19.4 Å². The molecule has 0 aliphatic heterocycles. The number of aromatic nitrogens is 1. The molecule has 1 heterocycles. The summed E-state index contributed by atoms with van der Waals surface area (Å²) < 4.78 is 0. The number of rotatable bonds is 6. The number of carbonyl (C=O) groups is 2. The van der Waals surface area contributed by atoms with Gasteiger partial charge in [-0.15, -0.1) is 11.3 Å². The molecule has 88 valence electrons. The Morgan fingerprint density at radius 1 is 1.50 bits per heavy atom. The second kappa shape index (κ2) is 6.19. The average Bonchev–Trinajstić information content (AvgIpc) is 2.72. The van der Waals surface area contributed by atoms with Crippen molar-refractivity contribution in [1.82, 2.24) is 10.3 Å². The van der Waals surface area contributed by atoms with E-state index in [0.717, 1.165) is 5.01 Å². The van der Waals surface area contributed by atoms with E-state index in [4.69, 9.17) is 11.5 Å². The number of nitrogens with two attached hydrogens (primary N) is 2. The maximum atomic E-state index is 11.5. The Kier molecular flexibility index (Phi) is 4.87. The molecule has 2 amide bonds. The van der Waals surface area contributed by atoms with Gasteiger partial charge in [0.25, 0.3) is 5.91 Å². The lowest BCUT2D eigenvalue weighted by Crippen LogP contribution is -2.25. The van der Waals surface area contributed by atoms with Gasteiger partial charge in [-0.3, -0.25) is 9.59 Å². The molecule has 0 aliphatic rings. The highest BCUT2D eigenvalue weighted by molar-refractivity contribution is 7.09. The Hall–Kier alpha value is -1.47. The monoisotopic (exact) mass is 242 g/mol. The number of nitrogens with zero attached hydrogens (tertiary/aromatic N) is 1. The number of hydrogen-bond donors (Lipinski definition) is 3. The molecule has 16 heavy (non-hydrogen) atoms. The minimum Gasteiger partial charge on any atom is -0.370 e. The van der Waals surface area contributed by atoms with E-state index in [1.807, 2.05) is 0 Å². The SMILES string of the molecule is NCc1nc(C(=O)NCCCC(N)=O)cs1. The lowest BCUT2D eigenvalue weighted by atomic mass is 10.3. The lowest BCUT2D eigenvalue weighted by Gasteiger charge is -2.01. The van der Waals surface area contributed by atoms with Gasteiger partial charge in [0.1, 0.15) is 10.7 Å². The summed E-state index contributed by atoms with van der Waals surface area (Å²) >= 11 is 1.35. The Labute approximate surface area is 97.0 Å². The molecule has 0 atom stereocenters. The van der Waals surface area contributed by atoms with Crippen LogP contribution in [-0.2, 0) is 11.3 Å².